The van der Waals surface area contributed by atoms with E-state index in [0.717, 1.165) is 19.6 Å². The lowest BCUT2D eigenvalue weighted by Crippen LogP contribution is -2.32. The number of ether oxygens (including phenoxy) is 2. The number of hydrogen-bond acceptors (Lipinski definition) is 3. The minimum atomic E-state index is -0.0214. The molecule has 0 saturated heterocycles. The van der Waals surface area contributed by atoms with Gasteiger partial charge in [-0.05, 0) is 40.0 Å². The Hall–Kier alpha value is -0.120. The zero-order valence-electron chi connectivity index (χ0n) is 10.5. The van der Waals surface area contributed by atoms with Crippen LogP contribution in [0.4, 0.5) is 0 Å². The maximum absolute atomic E-state index is 5.65. The van der Waals surface area contributed by atoms with Crippen LogP contribution >= 0.6 is 0 Å². The first-order valence-corrected chi connectivity index (χ1v) is 5.91. The van der Waals surface area contributed by atoms with Crippen LogP contribution < -0.4 is 5.32 Å². The molecule has 0 bridgehead atoms. The van der Waals surface area contributed by atoms with E-state index in [-0.39, 0.29) is 5.60 Å². The summed E-state index contributed by atoms with van der Waals surface area (Å²) in [5, 5.41) is 3.51. The van der Waals surface area contributed by atoms with Gasteiger partial charge in [-0.15, -0.1) is 0 Å². The Balaban J connectivity index is 2.02. The highest BCUT2D eigenvalue weighted by Crippen LogP contribution is 2.21. The molecule has 2 unspecified atom stereocenters. The quantitative estimate of drug-likeness (QED) is 0.711. The van der Waals surface area contributed by atoms with Crippen LogP contribution in [-0.4, -0.2) is 38.0 Å². The summed E-state index contributed by atoms with van der Waals surface area (Å²) in [6.07, 6.45) is 4.03. The van der Waals surface area contributed by atoms with Crippen molar-refractivity contribution in [2.24, 2.45) is 0 Å². The van der Waals surface area contributed by atoms with Gasteiger partial charge in [0, 0.05) is 19.7 Å². The standard InChI is InChI=1S/C12H25NO2/c1-12(2,3)15-8-7-13-10-5-6-11(9-10)14-4/h10-11,13H,5-9H2,1-4H3. The van der Waals surface area contributed by atoms with Crippen molar-refractivity contribution in [3.8, 4) is 0 Å². The van der Waals surface area contributed by atoms with Crippen LogP contribution in [0.15, 0.2) is 0 Å². The fourth-order valence-corrected chi connectivity index (χ4v) is 1.96. The number of nitrogens with one attached hydrogen (secondary N) is 1. The Morgan fingerprint density at radius 1 is 1.27 bits per heavy atom. The van der Waals surface area contributed by atoms with Crippen LogP contribution in [-0.2, 0) is 9.47 Å². The average Bonchev–Trinajstić information content (AvgIpc) is 2.59. The Bertz CT molecular complexity index is 177. The smallest absolute Gasteiger partial charge is 0.0599 e. The van der Waals surface area contributed by atoms with Crippen molar-refractivity contribution in [1.29, 1.82) is 0 Å². The molecule has 0 aliphatic heterocycles. The third-order valence-electron chi connectivity index (χ3n) is 2.79. The molecule has 1 aliphatic rings. The fourth-order valence-electron chi connectivity index (χ4n) is 1.96. The highest BCUT2D eigenvalue weighted by molar-refractivity contribution is 4.80. The van der Waals surface area contributed by atoms with Gasteiger partial charge in [-0.2, -0.15) is 0 Å². The molecule has 0 heterocycles. The maximum atomic E-state index is 5.65. The van der Waals surface area contributed by atoms with Gasteiger partial charge in [-0.3, -0.25) is 0 Å². The van der Waals surface area contributed by atoms with Gasteiger partial charge >= 0.3 is 0 Å². The molecular formula is C12H25NO2. The monoisotopic (exact) mass is 215 g/mol. The van der Waals surface area contributed by atoms with Gasteiger partial charge in [0.05, 0.1) is 18.3 Å². The Morgan fingerprint density at radius 2 is 2.00 bits per heavy atom. The third kappa shape index (κ3) is 5.50. The predicted octanol–water partition coefficient (Wildman–Crippen LogP) is 1.96. The highest BCUT2D eigenvalue weighted by atomic mass is 16.5. The largest absolute Gasteiger partial charge is 0.381 e. The van der Waals surface area contributed by atoms with Gasteiger partial charge in [0.15, 0.2) is 0 Å². The van der Waals surface area contributed by atoms with Gasteiger partial charge in [0.25, 0.3) is 0 Å². The summed E-state index contributed by atoms with van der Waals surface area (Å²) >= 11 is 0. The van der Waals surface area contributed by atoms with Gasteiger partial charge in [0.2, 0.25) is 0 Å². The number of rotatable bonds is 5. The van der Waals surface area contributed by atoms with E-state index in [0.29, 0.717) is 12.1 Å². The van der Waals surface area contributed by atoms with Crippen molar-refractivity contribution >= 4 is 0 Å². The summed E-state index contributed by atoms with van der Waals surface area (Å²) in [6.45, 7) is 7.99. The lowest BCUT2D eigenvalue weighted by Gasteiger charge is -2.20. The first kappa shape index (κ1) is 12.9. The molecule has 1 N–H and O–H groups in total. The summed E-state index contributed by atoms with van der Waals surface area (Å²) in [4.78, 5) is 0. The molecular weight excluding hydrogens is 190 g/mol. The summed E-state index contributed by atoms with van der Waals surface area (Å²) in [5.41, 5.74) is -0.0214. The van der Waals surface area contributed by atoms with Gasteiger partial charge in [-0.1, -0.05) is 0 Å². The second-order valence-electron chi connectivity index (χ2n) is 5.28. The molecule has 3 nitrogen and oxygen atoms in total. The molecule has 1 saturated carbocycles. The summed E-state index contributed by atoms with van der Waals surface area (Å²) in [6, 6.07) is 0.624. The van der Waals surface area contributed by atoms with E-state index >= 15 is 0 Å². The van der Waals surface area contributed by atoms with Crippen LogP contribution in [0.1, 0.15) is 40.0 Å². The van der Waals surface area contributed by atoms with Crippen molar-refractivity contribution in [3.63, 3.8) is 0 Å². The second-order valence-corrected chi connectivity index (χ2v) is 5.28. The molecule has 0 spiro atoms. The topological polar surface area (TPSA) is 30.5 Å². The Morgan fingerprint density at radius 3 is 2.53 bits per heavy atom. The first-order valence-electron chi connectivity index (χ1n) is 5.91. The van der Waals surface area contributed by atoms with Gasteiger partial charge in [-0.25, -0.2) is 0 Å². The minimum absolute atomic E-state index is 0.0214. The molecule has 1 aliphatic carbocycles. The maximum Gasteiger partial charge on any atom is 0.0599 e. The molecule has 3 heteroatoms. The lowest BCUT2D eigenvalue weighted by molar-refractivity contribution is -0.00175. The molecule has 0 amide bonds. The summed E-state index contributed by atoms with van der Waals surface area (Å²) in [7, 11) is 1.80. The third-order valence-corrected chi connectivity index (χ3v) is 2.79. The molecule has 1 fully saturated rings. The Kier molecular flexibility index (Phi) is 5.03. The van der Waals surface area contributed by atoms with Gasteiger partial charge in [0.1, 0.15) is 0 Å². The van der Waals surface area contributed by atoms with Crippen LogP contribution in [0.5, 0.6) is 0 Å². The normalized spacial score (nSPS) is 27.2. The van der Waals surface area contributed by atoms with E-state index in [9.17, 15) is 0 Å². The summed E-state index contributed by atoms with van der Waals surface area (Å²) < 4.78 is 11.0. The van der Waals surface area contributed by atoms with Crippen molar-refractivity contribution in [1.82, 2.24) is 5.32 Å². The average molecular weight is 215 g/mol. The molecule has 1 rings (SSSR count). The van der Waals surface area contributed by atoms with Crippen molar-refractivity contribution in [3.05, 3.63) is 0 Å². The molecule has 90 valence electrons. The molecule has 0 aromatic rings. The van der Waals surface area contributed by atoms with E-state index < -0.39 is 0 Å². The van der Waals surface area contributed by atoms with E-state index in [1.807, 2.05) is 0 Å². The van der Waals surface area contributed by atoms with Crippen molar-refractivity contribution in [2.75, 3.05) is 20.3 Å². The van der Waals surface area contributed by atoms with Crippen LogP contribution in [0.2, 0.25) is 0 Å². The van der Waals surface area contributed by atoms with E-state index in [4.69, 9.17) is 9.47 Å². The minimum Gasteiger partial charge on any atom is -0.381 e. The molecule has 2 atom stereocenters. The predicted molar refractivity (Wildman–Crippen MR) is 62.1 cm³/mol. The van der Waals surface area contributed by atoms with E-state index in [1.54, 1.807) is 7.11 Å². The SMILES string of the molecule is COC1CCC(NCCOC(C)(C)C)C1. The van der Waals surface area contributed by atoms with Crippen LogP contribution in [0.3, 0.4) is 0 Å². The molecule has 0 aromatic carbocycles. The van der Waals surface area contributed by atoms with Crippen LogP contribution in [0.25, 0.3) is 0 Å². The molecule has 0 aromatic heterocycles. The van der Waals surface area contributed by atoms with Crippen molar-refractivity contribution in [2.45, 2.75) is 57.8 Å². The van der Waals surface area contributed by atoms with E-state index in [2.05, 4.69) is 26.1 Å². The zero-order chi connectivity index (χ0) is 11.3. The number of methoxy groups -OCH3 is 1. The fraction of sp³-hybridized carbons (Fsp3) is 1.00. The summed E-state index contributed by atoms with van der Waals surface area (Å²) in [5.74, 6) is 0. The van der Waals surface area contributed by atoms with E-state index in [1.165, 1.54) is 12.8 Å². The first-order chi connectivity index (χ1) is 7.01. The highest BCUT2D eigenvalue weighted by Gasteiger charge is 2.23. The van der Waals surface area contributed by atoms with Crippen molar-refractivity contribution < 1.29 is 9.47 Å². The lowest BCUT2D eigenvalue weighted by atomic mass is 10.2. The number of hydrogen-bond donors (Lipinski definition) is 1. The van der Waals surface area contributed by atoms with Crippen LogP contribution in [0, 0.1) is 0 Å². The zero-order valence-corrected chi connectivity index (χ0v) is 10.5. The second kappa shape index (κ2) is 5.83. The molecule has 0 radical (unpaired) electrons. The molecule has 15 heavy (non-hydrogen) atoms. The van der Waals surface area contributed by atoms with Gasteiger partial charge < -0.3 is 14.8 Å². The Labute approximate surface area is 93.5 Å².